The molecule has 0 amide bonds. The van der Waals surface area contributed by atoms with Gasteiger partial charge in [0.25, 0.3) is 5.56 Å². The van der Waals surface area contributed by atoms with E-state index in [-0.39, 0.29) is 5.56 Å². The van der Waals surface area contributed by atoms with Gasteiger partial charge in [-0.05, 0) is 48.4 Å². The topological polar surface area (TPSA) is 43.6 Å². The molecule has 0 fully saturated rings. The lowest BCUT2D eigenvalue weighted by Gasteiger charge is -2.04. The van der Waals surface area contributed by atoms with E-state index in [2.05, 4.69) is 4.98 Å². The summed E-state index contributed by atoms with van der Waals surface area (Å²) in [6, 6.07) is 13.6. The molecule has 0 N–H and O–H groups in total. The van der Waals surface area contributed by atoms with Crippen molar-refractivity contribution >= 4 is 33.4 Å². The number of para-hydroxylation sites is 2. The van der Waals surface area contributed by atoms with Crippen LogP contribution in [0.25, 0.3) is 22.1 Å². The Kier molecular flexibility index (Phi) is 3.16. The Balaban J connectivity index is 1.94. The van der Waals surface area contributed by atoms with Crippen molar-refractivity contribution in [3.63, 3.8) is 0 Å². The van der Waals surface area contributed by atoms with Gasteiger partial charge in [-0.25, -0.2) is 9.38 Å². The lowest BCUT2D eigenvalue weighted by molar-refractivity contribution is 0.411. The van der Waals surface area contributed by atoms with Gasteiger partial charge in [-0.15, -0.1) is 0 Å². The zero-order valence-electron chi connectivity index (χ0n) is 12.7. The van der Waals surface area contributed by atoms with Gasteiger partial charge in [0.15, 0.2) is 4.96 Å². The summed E-state index contributed by atoms with van der Waals surface area (Å²) in [7, 11) is 1.65. The maximum absolute atomic E-state index is 12.7. The Hall–Kier alpha value is -2.66. The van der Waals surface area contributed by atoms with Crippen LogP contribution in [0.1, 0.15) is 11.1 Å². The van der Waals surface area contributed by atoms with Crippen molar-refractivity contribution in [2.75, 3.05) is 7.11 Å². The number of aromatic nitrogens is 2. The van der Waals surface area contributed by atoms with Gasteiger partial charge >= 0.3 is 0 Å². The minimum Gasteiger partial charge on any atom is -0.496 e. The molecule has 0 radical (unpaired) electrons. The third-order valence-electron chi connectivity index (χ3n) is 3.86. The number of ether oxygens (including phenoxy) is 1. The Bertz CT molecular complexity index is 1140. The molecule has 2 heterocycles. The fraction of sp³-hybridized carbons (Fsp3) is 0.111. The van der Waals surface area contributed by atoms with Crippen LogP contribution >= 0.6 is 11.3 Å². The van der Waals surface area contributed by atoms with E-state index in [1.54, 1.807) is 11.5 Å². The van der Waals surface area contributed by atoms with Crippen LogP contribution in [0.5, 0.6) is 5.75 Å². The predicted molar refractivity (Wildman–Crippen MR) is 93.4 cm³/mol. The second kappa shape index (κ2) is 5.21. The standard InChI is InChI=1S/C18H14N2O2S/c1-11-9-12(7-8-15(11)22-2)10-16-17(21)20-14-6-4-3-5-13(14)19-18(20)23-16/h3-10H,1-2H3/b16-10-. The highest BCUT2D eigenvalue weighted by atomic mass is 32.1. The summed E-state index contributed by atoms with van der Waals surface area (Å²) in [4.78, 5) is 17.9. The van der Waals surface area contributed by atoms with Crippen molar-refractivity contribution in [3.8, 4) is 5.75 Å². The highest BCUT2D eigenvalue weighted by Gasteiger charge is 2.10. The van der Waals surface area contributed by atoms with E-state index in [1.807, 2.05) is 55.5 Å². The lowest BCUT2D eigenvalue weighted by Crippen LogP contribution is -2.22. The largest absolute Gasteiger partial charge is 0.496 e. The van der Waals surface area contributed by atoms with Crippen LogP contribution in [0.3, 0.4) is 0 Å². The summed E-state index contributed by atoms with van der Waals surface area (Å²) in [6.07, 6.45) is 1.91. The number of hydrogen-bond donors (Lipinski definition) is 0. The summed E-state index contributed by atoms with van der Waals surface area (Å²) < 4.78 is 7.64. The molecule has 0 aliphatic rings. The van der Waals surface area contributed by atoms with E-state index >= 15 is 0 Å². The van der Waals surface area contributed by atoms with Gasteiger partial charge in [0.05, 0.1) is 22.7 Å². The van der Waals surface area contributed by atoms with Crippen LogP contribution in [-0.2, 0) is 0 Å². The van der Waals surface area contributed by atoms with Crippen LogP contribution < -0.4 is 14.8 Å². The number of imidazole rings is 1. The van der Waals surface area contributed by atoms with Crippen LogP contribution in [0.4, 0.5) is 0 Å². The summed E-state index contributed by atoms with van der Waals surface area (Å²) in [5, 5.41) is 0. The number of rotatable bonds is 2. The van der Waals surface area contributed by atoms with Crippen molar-refractivity contribution in [2.24, 2.45) is 0 Å². The first-order chi connectivity index (χ1) is 11.2. The zero-order valence-corrected chi connectivity index (χ0v) is 13.6. The van der Waals surface area contributed by atoms with Crippen LogP contribution in [-0.4, -0.2) is 16.5 Å². The van der Waals surface area contributed by atoms with Gasteiger partial charge in [0.1, 0.15) is 5.75 Å². The zero-order chi connectivity index (χ0) is 16.0. The number of thiazole rings is 1. The molecule has 4 nitrogen and oxygen atoms in total. The van der Waals surface area contributed by atoms with Gasteiger partial charge in [0.2, 0.25) is 0 Å². The van der Waals surface area contributed by atoms with Crippen LogP contribution in [0.15, 0.2) is 47.3 Å². The number of hydrogen-bond acceptors (Lipinski definition) is 4. The molecule has 4 aromatic rings. The molecule has 5 heteroatoms. The van der Waals surface area contributed by atoms with E-state index in [0.717, 1.165) is 32.9 Å². The minimum absolute atomic E-state index is 0.0211. The second-order valence-electron chi connectivity index (χ2n) is 5.36. The third kappa shape index (κ3) is 2.21. The highest BCUT2D eigenvalue weighted by molar-refractivity contribution is 7.15. The van der Waals surface area contributed by atoms with Gasteiger partial charge in [-0.1, -0.05) is 29.5 Å². The van der Waals surface area contributed by atoms with Crippen molar-refractivity contribution < 1.29 is 4.74 Å². The monoisotopic (exact) mass is 322 g/mol. The molecule has 0 aliphatic carbocycles. The van der Waals surface area contributed by atoms with E-state index in [4.69, 9.17) is 4.74 Å². The molecule has 0 unspecified atom stereocenters. The maximum Gasteiger partial charge on any atom is 0.274 e. The molecule has 4 rings (SSSR count). The maximum atomic E-state index is 12.7. The molecule has 0 saturated carbocycles. The van der Waals surface area contributed by atoms with Crippen LogP contribution in [0.2, 0.25) is 0 Å². The Labute approximate surface area is 136 Å². The molecule has 0 spiro atoms. The van der Waals surface area contributed by atoms with Crippen molar-refractivity contribution in [1.29, 1.82) is 0 Å². The molecule has 0 bridgehead atoms. The lowest BCUT2D eigenvalue weighted by atomic mass is 10.1. The average Bonchev–Trinajstić information content (AvgIpc) is 3.05. The summed E-state index contributed by atoms with van der Waals surface area (Å²) in [5.74, 6) is 0.844. The summed E-state index contributed by atoms with van der Waals surface area (Å²) in [5.41, 5.74) is 3.71. The summed E-state index contributed by atoms with van der Waals surface area (Å²) >= 11 is 1.41. The van der Waals surface area contributed by atoms with Gasteiger partial charge < -0.3 is 4.74 Å². The molecular formula is C18H14N2O2S. The number of fused-ring (bicyclic) bond motifs is 3. The molecule has 23 heavy (non-hydrogen) atoms. The molecule has 0 aliphatic heterocycles. The first-order valence-electron chi connectivity index (χ1n) is 7.24. The van der Waals surface area contributed by atoms with E-state index in [9.17, 15) is 4.79 Å². The first kappa shape index (κ1) is 14.0. The smallest absolute Gasteiger partial charge is 0.274 e. The molecule has 114 valence electrons. The average molecular weight is 322 g/mol. The Morgan fingerprint density at radius 2 is 2.04 bits per heavy atom. The Morgan fingerprint density at radius 3 is 2.83 bits per heavy atom. The summed E-state index contributed by atoms with van der Waals surface area (Å²) in [6.45, 7) is 1.99. The van der Waals surface area contributed by atoms with E-state index < -0.39 is 0 Å². The predicted octanol–water partition coefficient (Wildman–Crippen LogP) is 2.77. The molecular weight excluding hydrogens is 308 g/mol. The van der Waals surface area contributed by atoms with Gasteiger partial charge in [0, 0.05) is 0 Å². The number of aryl methyl sites for hydroxylation is 1. The third-order valence-corrected chi connectivity index (χ3v) is 4.83. The fourth-order valence-electron chi connectivity index (χ4n) is 2.75. The van der Waals surface area contributed by atoms with Gasteiger partial charge in [-0.3, -0.25) is 4.79 Å². The quantitative estimate of drug-likeness (QED) is 0.570. The molecule has 2 aromatic heterocycles. The first-order valence-corrected chi connectivity index (χ1v) is 8.05. The van der Waals surface area contributed by atoms with Crippen molar-refractivity contribution in [2.45, 2.75) is 6.92 Å². The Morgan fingerprint density at radius 1 is 1.22 bits per heavy atom. The number of methoxy groups -OCH3 is 1. The van der Waals surface area contributed by atoms with Gasteiger partial charge in [-0.2, -0.15) is 0 Å². The fourth-order valence-corrected chi connectivity index (χ4v) is 3.74. The van der Waals surface area contributed by atoms with Crippen molar-refractivity contribution in [3.05, 3.63) is 68.5 Å². The second-order valence-corrected chi connectivity index (χ2v) is 6.37. The molecule has 0 atom stereocenters. The molecule has 0 saturated heterocycles. The number of benzene rings is 2. The normalized spacial score (nSPS) is 12.3. The SMILES string of the molecule is COc1ccc(/C=c2\sc3nc4ccccc4n3c2=O)cc1C. The van der Waals surface area contributed by atoms with E-state index in [0.29, 0.717) is 4.53 Å². The number of nitrogens with zero attached hydrogens (tertiary/aromatic N) is 2. The van der Waals surface area contributed by atoms with E-state index in [1.165, 1.54) is 11.3 Å². The minimum atomic E-state index is -0.0211. The molecule has 2 aromatic carbocycles. The van der Waals surface area contributed by atoms with Crippen molar-refractivity contribution in [1.82, 2.24) is 9.38 Å². The highest BCUT2D eigenvalue weighted by Crippen LogP contribution is 2.19. The van der Waals surface area contributed by atoms with Crippen LogP contribution in [0, 0.1) is 6.92 Å².